The van der Waals surface area contributed by atoms with Crippen LogP contribution in [-0.2, 0) is 20.7 Å². The number of nitrogens with zero attached hydrogens (tertiary/aromatic N) is 3. The van der Waals surface area contributed by atoms with Crippen molar-refractivity contribution in [3.8, 4) is 0 Å². The van der Waals surface area contributed by atoms with Crippen LogP contribution >= 0.6 is 0 Å². The molecule has 1 saturated heterocycles. The first kappa shape index (κ1) is 22.6. The molecule has 2 amide bonds. The molecule has 1 aliphatic heterocycles. The summed E-state index contributed by atoms with van der Waals surface area (Å²) >= 11 is 0. The van der Waals surface area contributed by atoms with Gasteiger partial charge in [-0.1, -0.05) is 0 Å². The van der Waals surface area contributed by atoms with Gasteiger partial charge in [-0.3, -0.25) is 9.48 Å². The number of morpholine rings is 1. The van der Waals surface area contributed by atoms with Gasteiger partial charge in [0, 0.05) is 37.4 Å². The van der Waals surface area contributed by atoms with Crippen molar-refractivity contribution in [3.05, 3.63) is 17.5 Å². The van der Waals surface area contributed by atoms with Crippen LogP contribution in [-0.4, -0.2) is 72.2 Å². The maximum absolute atomic E-state index is 13.2. The molecule has 2 aliphatic rings. The maximum Gasteiger partial charge on any atom is 0.406 e. The topological polar surface area (TPSA) is 97.7 Å². The number of carbonyl (C=O) groups excluding carboxylic acids is 2. The van der Waals surface area contributed by atoms with E-state index >= 15 is 0 Å². The van der Waals surface area contributed by atoms with Crippen molar-refractivity contribution >= 4 is 12.0 Å². The monoisotopic (exact) mass is 421 g/mol. The molecular weight excluding hydrogens is 386 g/mol. The number of hydrogen-bond donors (Lipinski definition) is 2. The van der Waals surface area contributed by atoms with E-state index in [2.05, 4.69) is 42.2 Å². The summed E-state index contributed by atoms with van der Waals surface area (Å²) in [6.07, 6.45) is 2.81. The van der Waals surface area contributed by atoms with Crippen LogP contribution in [0.4, 0.5) is 4.79 Å². The van der Waals surface area contributed by atoms with E-state index in [1.165, 1.54) is 7.11 Å². The zero-order chi connectivity index (χ0) is 21.7. The summed E-state index contributed by atoms with van der Waals surface area (Å²) in [6.45, 7) is 8.71. The maximum atomic E-state index is 13.2. The summed E-state index contributed by atoms with van der Waals surface area (Å²) < 4.78 is 12.4. The zero-order valence-electron chi connectivity index (χ0n) is 18.5. The second-order valence-corrected chi connectivity index (χ2v) is 8.34. The molecule has 0 radical (unpaired) electrons. The predicted octanol–water partition coefficient (Wildman–Crippen LogP) is 1.79. The van der Waals surface area contributed by atoms with E-state index in [0.29, 0.717) is 19.7 Å². The normalized spacial score (nSPS) is 20.1. The second-order valence-electron chi connectivity index (χ2n) is 8.34. The number of aromatic nitrogens is 2. The first-order valence-corrected chi connectivity index (χ1v) is 11.0. The van der Waals surface area contributed by atoms with E-state index in [9.17, 15) is 9.59 Å². The molecule has 0 aromatic carbocycles. The van der Waals surface area contributed by atoms with E-state index in [1.807, 2.05) is 9.58 Å². The van der Waals surface area contributed by atoms with Gasteiger partial charge in [-0.25, -0.2) is 4.79 Å². The molecule has 1 aliphatic carbocycles. The SMILES string of the molecule is COC(=O)NCCCc1cc([C@@H](C)N(C(=O)[C@H]2CNCCO2)C2CC2)nn1C(C)C. The number of nitrogens with one attached hydrogen (secondary N) is 2. The van der Waals surface area contributed by atoms with Crippen molar-refractivity contribution in [1.29, 1.82) is 0 Å². The molecule has 9 nitrogen and oxygen atoms in total. The fraction of sp³-hybridized carbons (Fsp3) is 0.762. The zero-order valence-corrected chi connectivity index (χ0v) is 18.5. The fourth-order valence-electron chi connectivity index (χ4n) is 3.90. The summed E-state index contributed by atoms with van der Waals surface area (Å²) in [5.74, 6) is 0.0557. The molecule has 2 heterocycles. The van der Waals surface area contributed by atoms with Crippen molar-refractivity contribution in [2.45, 2.75) is 70.7 Å². The van der Waals surface area contributed by atoms with Gasteiger partial charge in [0.1, 0.15) is 6.10 Å². The van der Waals surface area contributed by atoms with Gasteiger partial charge in [-0.15, -0.1) is 0 Å². The average molecular weight is 422 g/mol. The van der Waals surface area contributed by atoms with Crippen LogP contribution in [0.1, 0.15) is 63.5 Å². The Balaban J connectivity index is 1.70. The van der Waals surface area contributed by atoms with Crippen LogP contribution in [0, 0.1) is 0 Å². The number of methoxy groups -OCH3 is 1. The number of amides is 2. The highest BCUT2D eigenvalue weighted by molar-refractivity contribution is 5.82. The summed E-state index contributed by atoms with van der Waals surface area (Å²) in [4.78, 5) is 26.4. The van der Waals surface area contributed by atoms with Gasteiger partial charge in [0.25, 0.3) is 5.91 Å². The average Bonchev–Trinajstić information content (AvgIpc) is 3.48. The minimum Gasteiger partial charge on any atom is -0.453 e. The summed E-state index contributed by atoms with van der Waals surface area (Å²) in [7, 11) is 1.36. The molecule has 0 unspecified atom stereocenters. The molecule has 2 N–H and O–H groups in total. The molecule has 168 valence electrons. The third kappa shape index (κ3) is 5.51. The van der Waals surface area contributed by atoms with Crippen LogP contribution in [0.3, 0.4) is 0 Å². The largest absolute Gasteiger partial charge is 0.453 e. The Hall–Kier alpha value is -2.13. The molecule has 1 aromatic rings. The highest BCUT2D eigenvalue weighted by Crippen LogP contribution is 2.35. The molecule has 1 aromatic heterocycles. The van der Waals surface area contributed by atoms with E-state index in [4.69, 9.17) is 9.84 Å². The highest BCUT2D eigenvalue weighted by Gasteiger charge is 2.40. The molecule has 2 fully saturated rings. The Morgan fingerprint density at radius 3 is 2.77 bits per heavy atom. The molecule has 0 bridgehead atoms. The van der Waals surface area contributed by atoms with E-state index in [1.54, 1.807) is 0 Å². The minimum absolute atomic E-state index is 0.0557. The van der Waals surface area contributed by atoms with Crippen molar-refractivity contribution in [2.75, 3.05) is 33.4 Å². The predicted molar refractivity (Wildman–Crippen MR) is 112 cm³/mol. The Morgan fingerprint density at radius 2 is 2.17 bits per heavy atom. The first-order chi connectivity index (χ1) is 14.4. The number of carbonyl (C=O) groups is 2. The van der Waals surface area contributed by atoms with Crippen molar-refractivity contribution in [1.82, 2.24) is 25.3 Å². The van der Waals surface area contributed by atoms with Crippen molar-refractivity contribution in [2.24, 2.45) is 0 Å². The fourth-order valence-corrected chi connectivity index (χ4v) is 3.90. The van der Waals surface area contributed by atoms with Gasteiger partial charge >= 0.3 is 6.09 Å². The molecule has 0 spiro atoms. The Morgan fingerprint density at radius 1 is 1.40 bits per heavy atom. The first-order valence-electron chi connectivity index (χ1n) is 11.0. The second kappa shape index (κ2) is 10.3. The third-order valence-corrected chi connectivity index (χ3v) is 5.63. The number of rotatable bonds is 9. The molecule has 9 heteroatoms. The third-order valence-electron chi connectivity index (χ3n) is 5.63. The Bertz CT molecular complexity index is 725. The number of aryl methyl sites for hydroxylation is 1. The summed E-state index contributed by atoms with van der Waals surface area (Å²) in [5.41, 5.74) is 2.01. The highest BCUT2D eigenvalue weighted by atomic mass is 16.5. The van der Waals surface area contributed by atoms with Gasteiger partial charge in [-0.05, 0) is 52.5 Å². The van der Waals surface area contributed by atoms with Gasteiger partial charge < -0.3 is 25.0 Å². The molecule has 30 heavy (non-hydrogen) atoms. The molecule has 3 rings (SSSR count). The van der Waals surface area contributed by atoms with Crippen LogP contribution in [0.15, 0.2) is 6.07 Å². The summed E-state index contributed by atoms with van der Waals surface area (Å²) in [6, 6.07) is 2.48. The molecule has 2 atom stereocenters. The van der Waals surface area contributed by atoms with Gasteiger partial charge in [0.15, 0.2) is 0 Å². The number of ether oxygens (including phenoxy) is 2. The number of hydrogen-bond acceptors (Lipinski definition) is 6. The lowest BCUT2D eigenvalue weighted by Gasteiger charge is -2.33. The quantitative estimate of drug-likeness (QED) is 0.590. The standard InChI is InChI=1S/C21H35N5O4/c1-14(2)26-17(6-5-9-23-21(28)29-4)12-18(24-26)15(3)25(16-7-8-16)20(27)19-13-22-10-11-30-19/h12,14-16,19,22H,5-11,13H2,1-4H3,(H,23,28)/t15-,19-/m1/s1. The molecule has 1 saturated carbocycles. The minimum atomic E-state index is -0.419. The van der Waals surface area contributed by atoms with Crippen LogP contribution < -0.4 is 10.6 Å². The van der Waals surface area contributed by atoms with Gasteiger partial charge in [0.05, 0.1) is 25.5 Å². The lowest BCUT2D eigenvalue weighted by atomic mass is 10.1. The van der Waals surface area contributed by atoms with E-state index in [0.717, 1.165) is 43.6 Å². The Kier molecular flexibility index (Phi) is 7.71. The van der Waals surface area contributed by atoms with E-state index < -0.39 is 12.2 Å². The van der Waals surface area contributed by atoms with Crippen molar-refractivity contribution in [3.63, 3.8) is 0 Å². The van der Waals surface area contributed by atoms with Crippen molar-refractivity contribution < 1.29 is 19.1 Å². The van der Waals surface area contributed by atoms with Crippen LogP contribution in [0.5, 0.6) is 0 Å². The van der Waals surface area contributed by atoms with Gasteiger partial charge in [0.2, 0.25) is 0 Å². The Labute approximate surface area is 178 Å². The van der Waals surface area contributed by atoms with E-state index in [-0.39, 0.29) is 24.0 Å². The van der Waals surface area contributed by atoms with Gasteiger partial charge in [-0.2, -0.15) is 5.10 Å². The number of alkyl carbamates (subject to hydrolysis) is 1. The summed E-state index contributed by atoms with van der Waals surface area (Å²) in [5, 5.41) is 10.8. The van der Waals surface area contributed by atoms with Crippen LogP contribution in [0.25, 0.3) is 0 Å². The molecular formula is C21H35N5O4. The lowest BCUT2D eigenvalue weighted by molar-refractivity contribution is -0.148. The van der Waals surface area contributed by atoms with Crippen LogP contribution in [0.2, 0.25) is 0 Å². The smallest absolute Gasteiger partial charge is 0.406 e. The lowest BCUT2D eigenvalue weighted by Crippen LogP contribution is -2.50.